The number of hydrogen-bond donors (Lipinski definition) is 2. The van der Waals surface area contributed by atoms with Gasteiger partial charge in [-0.05, 0) is 60.7 Å². The van der Waals surface area contributed by atoms with Crippen molar-refractivity contribution >= 4 is 73.7 Å². The normalized spacial score (nSPS) is 10.7. The summed E-state index contributed by atoms with van der Waals surface area (Å²) in [5.74, 6) is -0.336. The maximum atomic E-state index is 12.3. The lowest BCUT2D eigenvalue weighted by Crippen LogP contribution is -2.34. The van der Waals surface area contributed by atoms with Crippen molar-refractivity contribution in [1.82, 2.24) is 10.3 Å². The van der Waals surface area contributed by atoms with Gasteiger partial charge in [-0.15, -0.1) is 11.3 Å². The Morgan fingerprint density at radius 3 is 2.52 bits per heavy atom. The zero-order chi connectivity index (χ0) is 20.4. The fourth-order valence-corrected chi connectivity index (χ4v) is 4.14. The lowest BCUT2D eigenvalue weighted by Gasteiger charge is -2.12. The molecule has 2 N–H and O–H groups in total. The predicted octanol–water partition coefficient (Wildman–Crippen LogP) is 6.40. The van der Waals surface area contributed by atoms with Gasteiger partial charge in [0.05, 0.1) is 20.9 Å². The van der Waals surface area contributed by atoms with Gasteiger partial charge < -0.3 is 5.32 Å². The van der Waals surface area contributed by atoms with Gasteiger partial charge in [0.15, 0.2) is 5.11 Å². The zero-order valence-corrected chi connectivity index (χ0v) is 17.9. The second-order valence-electron chi connectivity index (χ2n) is 6.10. The molecule has 0 aliphatic heterocycles. The van der Waals surface area contributed by atoms with Crippen LogP contribution >= 0.6 is 46.8 Å². The number of rotatable bonds is 3. The molecule has 3 aromatic carbocycles. The number of anilines is 1. The van der Waals surface area contributed by atoms with Gasteiger partial charge in [-0.1, -0.05) is 41.4 Å². The standard InChI is InChI=1S/C21H13Cl2N3OS2/c22-14-8-5-12(6-9-14)19(27)26-21(28)25-17-11-13(7-10-15(17)23)20-24-16-3-1-2-4-18(16)29-20/h1-11H,(H2,25,26,27,28). The van der Waals surface area contributed by atoms with Crippen LogP contribution in [0.3, 0.4) is 0 Å². The van der Waals surface area contributed by atoms with Crippen LogP contribution < -0.4 is 10.6 Å². The van der Waals surface area contributed by atoms with Crippen LogP contribution in [0.25, 0.3) is 20.8 Å². The Balaban J connectivity index is 1.52. The molecular formula is C21H13Cl2N3OS2. The number of fused-ring (bicyclic) bond motifs is 1. The smallest absolute Gasteiger partial charge is 0.257 e. The number of para-hydroxylation sites is 1. The molecule has 0 spiro atoms. The third-order valence-corrected chi connectivity index (χ3v) is 5.96. The van der Waals surface area contributed by atoms with Crippen LogP contribution in [0.5, 0.6) is 0 Å². The summed E-state index contributed by atoms with van der Waals surface area (Å²) in [5, 5.41) is 7.69. The van der Waals surface area contributed by atoms with Crippen molar-refractivity contribution in [3.05, 3.63) is 82.3 Å². The van der Waals surface area contributed by atoms with Crippen LogP contribution in [0.15, 0.2) is 66.7 Å². The van der Waals surface area contributed by atoms with Gasteiger partial charge in [0.2, 0.25) is 0 Å². The Hall–Kier alpha value is -2.51. The van der Waals surface area contributed by atoms with Crippen molar-refractivity contribution < 1.29 is 4.79 Å². The SMILES string of the molecule is O=C(NC(=S)Nc1cc(-c2nc3ccccc3s2)ccc1Cl)c1ccc(Cl)cc1. The number of amides is 1. The fourth-order valence-electron chi connectivity index (χ4n) is 2.68. The van der Waals surface area contributed by atoms with Crippen LogP contribution in [-0.2, 0) is 0 Å². The van der Waals surface area contributed by atoms with Crippen LogP contribution in [0.1, 0.15) is 10.4 Å². The molecule has 4 rings (SSSR count). The molecule has 1 aromatic heterocycles. The van der Waals surface area contributed by atoms with Crippen LogP contribution in [0.2, 0.25) is 10.0 Å². The largest absolute Gasteiger partial charge is 0.331 e. The molecule has 0 aliphatic rings. The minimum Gasteiger partial charge on any atom is -0.331 e. The quantitative estimate of drug-likeness (QED) is 0.349. The number of nitrogens with one attached hydrogen (secondary N) is 2. The molecule has 0 aliphatic carbocycles. The average Bonchev–Trinajstić information content (AvgIpc) is 3.14. The minimum atomic E-state index is -0.336. The van der Waals surface area contributed by atoms with E-state index < -0.39 is 0 Å². The van der Waals surface area contributed by atoms with Crippen molar-refractivity contribution in [3.8, 4) is 10.6 Å². The van der Waals surface area contributed by atoms with Crippen LogP contribution in [0.4, 0.5) is 5.69 Å². The van der Waals surface area contributed by atoms with Gasteiger partial charge >= 0.3 is 0 Å². The lowest BCUT2D eigenvalue weighted by molar-refractivity contribution is 0.0978. The Kier molecular flexibility index (Phi) is 5.78. The summed E-state index contributed by atoms with van der Waals surface area (Å²) in [6.45, 7) is 0. The molecule has 0 bridgehead atoms. The highest BCUT2D eigenvalue weighted by Gasteiger charge is 2.12. The summed E-state index contributed by atoms with van der Waals surface area (Å²) >= 11 is 19.0. The molecule has 8 heteroatoms. The number of carbonyl (C=O) groups is 1. The van der Waals surface area contributed by atoms with E-state index in [1.807, 2.05) is 36.4 Å². The molecule has 1 amide bonds. The molecule has 0 saturated heterocycles. The highest BCUT2D eigenvalue weighted by molar-refractivity contribution is 7.80. The second kappa shape index (κ2) is 8.47. The fraction of sp³-hybridized carbons (Fsp3) is 0. The number of benzene rings is 3. The third kappa shape index (κ3) is 4.57. The van der Waals surface area contributed by atoms with Gasteiger partial charge in [-0.2, -0.15) is 0 Å². The van der Waals surface area contributed by atoms with E-state index in [9.17, 15) is 4.79 Å². The number of nitrogens with zero attached hydrogens (tertiary/aromatic N) is 1. The summed E-state index contributed by atoms with van der Waals surface area (Å²) in [4.78, 5) is 17.0. The molecule has 4 aromatic rings. The monoisotopic (exact) mass is 457 g/mol. The van der Waals surface area contributed by atoms with E-state index in [0.29, 0.717) is 21.3 Å². The van der Waals surface area contributed by atoms with Gasteiger partial charge in [0, 0.05) is 16.1 Å². The highest BCUT2D eigenvalue weighted by atomic mass is 35.5. The first-order valence-corrected chi connectivity index (χ1v) is 10.5. The number of thiocarbonyl (C=S) groups is 1. The number of hydrogen-bond acceptors (Lipinski definition) is 4. The van der Waals surface area contributed by atoms with E-state index in [2.05, 4.69) is 15.6 Å². The topological polar surface area (TPSA) is 54.0 Å². The van der Waals surface area contributed by atoms with Gasteiger partial charge in [-0.3, -0.25) is 10.1 Å². The third-order valence-electron chi connectivity index (χ3n) is 4.09. The molecule has 144 valence electrons. The zero-order valence-electron chi connectivity index (χ0n) is 14.8. The molecule has 0 radical (unpaired) electrons. The maximum Gasteiger partial charge on any atom is 0.257 e. The van der Waals surface area contributed by atoms with Gasteiger partial charge in [0.1, 0.15) is 5.01 Å². The van der Waals surface area contributed by atoms with E-state index in [4.69, 9.17) is 35.4 Å². The van der Waals surface area contributed by atoms with E-state index in [-0.39, 0.29) is 11.0 Å². The molecule has 0 fully saturated rings. The number of carbonyl (C=O) groups excluding carboxylic acids is 1. The predicted molar refractivity (Wildman–Crippen MR) is 125 cm³/mol. The highest BCUT2D eigenvalue weighted by Crippen LogP contribution is 2.33. The van der Waals surface area contributed by atoms with Crippen molar-refractivity contribution in [3.63, 3.8) is 0 Å². The van der Waals surface area contributed by atoms with Crippen molar-refractivity contribution in [2.24, 2.45) is 0 Å². The molecule has 1 heterocycles. The van der Waals surface area contributed by atoms with E-state index >= 15 is 0 Å². The Bertz CT molecular complexity index is 1190. The first kappa shape index (κ1) is 19.8. The van der Waals surface area contributed by atoms with Crippen molar-refractivity contribution in [1.29, 1.82) is 0 Å². The first-order valence-electron chi connectivity index (χ1n) is 8.53. The van der Waals surface area contributed by atoms with E-state index in [1.54, 1.807) is 41.7 Å². The average molecular weight is 458 g/mol. The molecule has 4 nitrogen and oxygen atoms in total. The Morgan fingerprint density at radius 1 is 1.00 bits per heavy atom. The summed E-state index contributed by atoms with van der Waals surface area (Å²) in [7, 11) is 0. The Morgan fingerprint density at radius 2 is 1.76 bits per heavy atom. The maximum absolute atomic E-state index is 12.3. The second-order valence-corrected chi connectivity index (χ2v) is 8.38. The first-order chi connectivity index (χ1) is 14.0. The van der Waals surface area contributed by atoms with Crippen molar-refractivity contribution in [2.45, 2.75) is 0 Å². The Labute approximate surface area is 186 Å². The van der Waals surface area contributed by atoms with Crippen LogP contribution in [-0.4, -0.2) is 16.0 Å². The van der Waals surface area contributed by atoms with Crippen LogP contribution in [0, 0.1) is 0 Å². The van der Waals surface area contributed by atoms with Gasteiger partial charge in [-0.25, -0.2) is 4.98 Å². The number of halogens is 2. The van der Waals surface area contributed by atoms with Gasteiger partial charge in [0.25, 0.3) is 5.91 Å². The molecule has 0 unspecified atom stereocenters. The summed E-state index contributed by atoms with van der Waals surface area (Å²) in [6, 6.07) is 20.0. The lowest BCUT2D eigenvalue weighted by atomic mass is 10.2. The van der Waals surface area contributed by atoms with E-state index in [0.717, 1.165) is 20.8 Å². The summed E-state index contributed by atoms with van der Waals surface area (Å²) in [5.41, 5.74) is 2.89. The minimum absolute atomic E-state index is 0.147. The summed E-state index contributed by atoms with van der Waals surface area (Å²) < 4.78 is 1.11. The summed E-state index contributed by atoms with van der Waals surface area (Å²) in [6.07, 6.45) is 0. The van der Waals surface area contributed by atoms with E-state index in [1.165, 1.54) is 0 Å². The number of aromatic nitrogens is 1. The number of thiazole rings is 1. The molecular weight excluding hydrogens is 445 g/mol. The molecule has 29 heavy (non-hydrogen) atoms. The van der Waals surface area contributed by atoms with Crippen molar-refractivity contribution in [2.75, 3.05) is 5.32 Å². The molecule has 0 saturated carbocycles. The molecule has 0 atom stereocenters.